The van der Waals surface area contributed by atoms with Gasteiger partial charge in [0.15, 0.2) is 0 Å². The molecule has 0 aliphatic carbocycles. The molecule has 2 aromatic carbocycles. The second-order valence-electron chi connectivity index (χ2n) is 6.86. The van der Waals surface area contributed by atoms with Gasteiger partial charge in [-0.05, 0) is 42.2 Å². The molecule has 0 aliphatic rings. The van der Waals surface area contributed by atoms with Crippen molar-refractivity contribution < 1.29 is 18.7 Å². The maximum atomic E-state index is 14.1. The molecule has 0 aliphatic heterocycles. The van der Waals surface area contributed by atoms with E-state index in [4.69, 9.17) is 4.74 Å². The SMILES string of the molecule is CCCNC(=O)[C@@H](CC)N(Cc1cccc(OC)c1)C(=O)Cc1ccccc1F. The van der Waals surface area contributed by atoms with Gasteiger partial charge in [0.05, 0.1) is 13.5 Å². The minimum absolute atomic E-state index is 0.103. The van der Waals surface area contributed by atoms with Gasteiger partial charge in [0, 0.05) is 13.1 Å². The van der Waals surface area contributed by atoms with Crippen LogP contribution in [0.5, 0.6) is 5.75 Å². The lowest BCUT2D eigenvalue weighted by Crippen LogP contribution is -2.49. The van der Waals surface area contributed by atoms with Gasteiger partial charge in [0.2, 0.25) is 11.8 Å². The molecule has 156 valence electrons. The van der Waals surface area contributed by atoms with E-state index in [1.54, 1.807) is 25.3 Å². The number of carbonyl (C=O) groups is 2. The summed E-state index contributed by atoms with van der Waals surface area (Å²) in [4.78, 5) is 27.4. The Hall–Kier alpha value is -2.89. The molecule has 0 saturated heterocycles. The number of amides is 2. The van der Waals surface area contributed by atoms with E-state index in [1.807, 2.05) is 38.1 Å². The van der Waals surface area contributed by atoms with Gasteiger partial charge in [0.1, 0.15) is 17.6 Å². The van der Waals surface area contributed by atoms with E-state index < -0.39 is 11.9 Å². The normalized spacial score (nSPS) is 11.6. The number of ether oxygens (including phenoxy) is 1. The molecule has 29 heavy (non-hydrogen) atoms. The van der Waals surface area contributed by atoms with Crippen molar-refractivity contribution in [3.63, 3.8) is 0 Å². The smallest absolute Gasteiger partial charge is 0.242 e. The fraction of sp³-hybridized carbons (Fsp3) is 0.391. The monoisotopic (exact) mass is 400 g/mol. The molecule has 2 amide bonds. The molecule has 0 radical (unpaired) electrons. The summed E-state index contributed by atoms with van der Waals surface area (Å²) >= 11 is 0. The molecule has 0 aromatic heterocycles. The standard InChI is InChI=1S/C23H29FN2O3/c1-4-13-25-23(28)21(5-2)26(16-17-9-8-11-19(14-17)29-3)22(27)15-18-10-6-7-12-20(18)24/h6-12,14,21H,4-5,13,15-16H2,1-3H3,(H,25,28)/t21-/m1/s1. The van der Waals surface area contributed by atoms with Crippen LogP contribution in [0.2, 0.25) is 0 Å². The van der Waals surface area contributed by atoms with E-state index in [0.717, 1.165) is 12.0 Å². The van der Waals surface area contributed by atoms with Gasteiger partial charge in [-0.2, -0.15) is 0 Å². The van der Waals surface area contributed by atoms with Crippen molar-refractivity contribution in [1.29, 1.82) is 0 Å². The van der Waals surface area contributed by atoms with Crippen LogP contribution in [0, 0.1) is 5.82 Å². The summed E-state index contributed by atoms with van der Waals surface area (Å²) < 4.78 is 19.3. The molecule has 2 aromatic rings. The number of nitrogens with one attached hydrogen (secondary N) is 1. The Morgan fingerprint density at radius 2 is 1.90 bits per heavy atom. The van der Waals surface area contributed by atoms with Gasteiger partial charge < -0.3 is 15.0 Å². The lowest BCUT2D eigenvalue weighted by molar-refractivity contribution is -0.141. The Morgan fingerprint density at radius 3 is 2.55 bits per heavy atom. The van der Waals surface area contributed by atoms with Gasteiger partial charge in [0.25, 0.3) is 0 Å². The van der Waals surface area contributed by atoms with Crippen molar-refractivity contribution in [3.05, 3.63) is 65.5 Å². The molecule has 0 unspecified atom stereocenters. The first-order chi connectivity index (χ1) is 14.0. The molecule has 1 atom stereocenters. The zero-order valence-electron chi connectivity index (χ0n) is 17.3. The molecule has 0 spiro atoms. The summed E-state index contributed by atoms with van der Waals surface area (Å²) in [5, 5.41) is 2.87. The third-order valence-electron chi connectivity index (χ3n) is 4.72. The van der Waals surface area contributed by atoms with Gasteiger partial charge in [-0.25, -0.2) is 4.39 Å². The minimum Gasteiger partial charge on any atom is -0.497 e. The van der Waals surface area contributed by atoms with Crippen LogP contribution in [-0.2, 0) is 22.6 Å². The third kappa shape index (κ3) is 6.31. The Labute approximate surface area is 171 Å². The van der Waals surface area contributed by atoms with Crippen LogP contribution in [0.1, 0.15) is 37.8 Å². The van der Waals surface area contributed by atoms with Crippen molar-refractivity contribution in [1.82, 2.24) is 10.2 Å². The van der Waals surface area contributed by atoms with E-state index in [1.165, 1.54) is 11.0 Å². The van der Waals surface area contributed by atoms with Crippen molar-refractivity contribution in [2.24, 2.45) is 0 Å². The first kappa shape index (κ1) is 22.4. The summed E-state index contributed by atoms with van der Waals surface area (Å²) in [6, 6.07) is 12.9. The average molecular weight is 400 g/mol. The largest absolute Gasteiger partial charge is 0.497 e. The van der Waals surface area contributed by atoms with E-state index in [9.17, 15) is 14.0 Å². The highest BCUT2D eigenvalue weighted by Crippen LogP contribution is 2.19. The van der Waals surface area contributed by atoms with Crippen molar-refractivity contribution in [3.8, 4) is 5.75 Å². The van der Waals surface area contributed by atoms with Gasteiger partial charge in [-0.15, -0.1) is 0 Å². The molecule has 5 nitrogen and oxygen atoms in total. The lowest BCUT2D eigenvalue weighted by atomic mass is 10.1. The fourth-order valence-electron chi connectivity index (χ4n) is 3.16. The summed E-state index contributed by atoms with van der Waals surface area (Å²) in [5.41, 5.74) is 1.16. The zero-order chi connectivity index (χ0) is 21.2. The Bertz CT molecular complexity index is 825. The maximum absolute atomic E-state index is 14.1. The van der Waals surface area contributed by atoms with Gasteiger partial charge in [-0.1, -0.05) is 44.2 Å². The molecule has 0 heterocycles. The Balaban J connectivity index is 2.30. The molecule has 1 N–H and O–H groups in total. The van der Waals surface area contributed by atoms with Crippen LogP contribution in [-0.4, -0.2) is 36.4 Å². The van der Waals surface area contributed by atoms with Crippen LogP contribution in [0.25, 0.3) is 0 Å². The lowest BCUT2D eigenvalue weighted by Gasteiger charge is -2.31. The molecule has 0 saturated carbocycles. The first-order valence-corrected chi connectivity index (χ1v) is 9.93. The van der Waals surface area contributed by atoms with Crippen molar-refractivity contribution >= 4 is 11.8 Å². The quantitative estimate of drug-likeness (QED) is 0.661. The predicted molar refractivity (Wildman–Crippen MR) is 111 cm³/mol. The molecule has 2 rings (SSSR count). The van der Waals surface area contributed by atoms with Gasteiger partial charge in [-0.3, -0.25) is 9.59 Å². The molecule has 0 bridgehead atoms. The molecule has 0 fully saturated rings. The van der Waals surface area contributed by atoms with E-state index in [2.05, 4.69) is 5.32 Å². The van der Waals surface area contributed by atoms with Crippen LogP contribution in [0.3, 0.4) is 0 Å². The van der Waals surface area contributed by atoms with E-state index >= 15 is 0 Å². The highest BCUT2D eigenvalue weighted by Gasteiger charge is 2.29. The Morgan fingerprint density at radius 1 is 1.14 bits per heavy atom. The minimum atomic E-state index is -0.632. The molecular formula is C23H29FN2O3. The van der Waals surface area contributed by atoms with Crippen molar-refractivity contribution in [2.45, 2.75) is 45.7 Å². The summed E-state index contributed by atoms with van der Waals surface area (Å²) in [6.45, 7) is 4.62. The predicted octanol–water partition coefficient (Wildman–Crippen LogP) is 3.71. The second kappa shape index (κ2) is 11.2. The highest BCUT2D eigenvalue weighted by molar-refractivity contribution is 5.88. The van der Waals surface area contributed by atoms with Gasteiger partial charge >= 0.3 is 0 Å². The van der Waals surface area contributed by atoms with E-state index in [0.29, 0.717) is 24.3 Å². The number of halogens is 1. The third-order valence-corrected chi connectivity index (χ3v) is 4.72. The second-order valence-corrected chi connectivity index (χ2v) is 6.86. The fourth-order valence-corrected chi connectivity index (χ4v) is 3.16. The maximum Gasteiger partial charge on any atom is 0.242 e. The van der Waals surface area contributed by atoms with Crippen LogP contribution in [0.15, 0.2) is 48.5 Å². The topological polar surface area (TPSA) is 58.6 Å². The summed E-state index contributed by atoms with van der Waals surface area (Å²) in [5.74, 6) is -0.242. The number of hydrogen-bond donors (Lipinski definition) is 1. The highest BCUT2D eigenvalue weighted by atomic mass is 19.1. The number of carbonyl (C=O) groups excluding carboxylic acids is 2. The van der Waals surface area contributed by atoms with Crippen LogP contribution >= 0.6 is 0 Å². The Kier molecular flexibility index (Phi) is 8.65. The average Bonchev–Trinajstić information content (AvgIpc) is 2.73. The summed E-state index contributed by atoms with van der Waals surface area (Å²) in [6.07, 6.45) is 1.16. The number of hydrogen-bond acceptors (Lipinski definition) is 3. The molecular weight excluding hydrogens is 371 g/mol. The van der Waals surface area contributed by atoms with Crippen LogP contribution in [0.4, 0.5) is 4.39 Å². The number of rotatable bonds is 10. The zero-order valence-corrected chi connectivity index (χ0v) is 17.3. The van der Waals surface area contributed by atoms with E-state index in [-0.39, 0.29) is 24.8 Å². The first-order valence-electron chi connectivity index (χ1n) is 9.93. The number of benzene rings is 2. The van der Waals surface area contributed by atoms with Crippen LogP contribution < -0.4 is 10.1 Å². The van der Waals surface area contributed by atoms with Crippen molar-refractivity contribution in [2.75, 3.05) is 13.7 Å². The number of methoxy groups -OCH3 is 1. The molecule has 6 heteroatoms. The summed E-state index contributed by atoms with van der Waals surface area (Å²) in [7, 11) is 1.58. The number of nitrogens with zero attached hydrogens (tertiary/aromatic N) is 1.